The third-order valence-corrected chi connectivity index (χ3v) is 2.98. The number of piperidine rings is 1. The summed E-state index contributed by atoms with van der Waals surface area (Å²) in [6.45, 7) is 2.70. The van der Waals surface area contributed by atoms with Gasteiger partial charge in [0, 0.05) is 18.8 Å². The van der Waals surface area contributed by atoms with E-state index in [9.17, 15) is 9.59 Å². The molecule has 1 fully saturated rings. The molecule has 92 valence electrons. The van der Waals surface area contributed by atoms with Gasteiger partial charge in [0.1, 0.15) is 5.69 Å². The smallest absolute Gasteiger partial charge is 0.308 e. The van der Waals surface area contributed by atoms with Crippen molar-refractivity contribution in [1.29, 1.82) is 0 Å². The van der Waals surface area contributed by atoms with Gasteiger partial charge in [-0.3, -0.25) is 14.7 Å². The van der Waals surface area contributed by atoms with Crippen molar-refractivity contribution >= 4 is 11.9 Å². The predicted molar refractivity (Wildman–Crippen MR) is 59.6 cm³/mol. The van der Waals surface area contributed by atoms with Crippen LogP contribution in [0.1, 0.15) is 29.0 Å². The quantitative estimate of drug-likeness (QED) is 0.791. The van der Waals surface area contributed by atoms with Gasteiger partial charge in [-0.1, -0.05) is 0 Å². The van der Waals surface area contributed by atoms with Crippen molar-refractivity contribution in [3.63, 3.8) is 0 Å². The second-order valence-electron chi connectivity index (χ2n) is 4.36. The van der Waals surface area contributed by atoms with Crippen LogP contribution in [0.2, 0.25) is 0 Å². The maximum atomic E-state index is 12.0. The van der Waals surface area contributed by atoms with E-state index in [1.54, 1.807) is 11.0 Å². The number of nitrogens with zero attached hydrogens (tertiary/aromatic N) is 2. The van der Waals surface area contributed by atoms with Crippen LogP contribution >= 0.6 is 0 Å². The number of nitrogens with one attached hydrogen (secondary N) is 1. The molecule has 1 aromatic rings. The summed E-state index contributed by atoms with van der Waals surface area (Å²) < 4.78 is 0. The molecular weight excluding hydrogens is 222 g/mol. The minimum Gasteiger partial charge on any atom is -0.481 e. The van der Waals surface area contributed by atoms with E-state index >= 15 is 0 Å². The van der Waals surface area contributed by atoms with Gasteiger partial charge in [0.05, 0.1) is 5.92 Å². The van der Waals surface area contributed by atoms with Crippen molar-refractivity contribution < 1.29 is 14.7 Å². The summed E-state index contributed by atoms with van der Waals surface area (Å²) in [6.07, 6.45) is 1.37. The van der Waals surface area contributed by atoms with E-state index in [2.05, 4.69) is 10.2 Å². The Balaban J connectivity index is 2.07. The van der Waals surface area contributed by atoms with E-state index in [0.717, 1.165) is 12.1 Å². The number of carboxylic acid groups (broad SMARTS) is 1. The van der Waals surface area contributed by atoms with Crippen LogP contribution in [0, 0.1) is 12.8 Å². The Bertz CT molecular complexity index is 441. The van der Waals surface area contributed by atoms with Crippen LogP contribution < -0.4 is 0 Å². The molecule has 6 nitrogen and oxygen atoms in total. The molecule has 17 heavy (non-hydrogen) atoms. The third kappa shape index (κ3) is 2.46. The summed E-state index contributed by atoms with van der Waals surface area (Å²) in [6, 6.07) is 1.67. The lowest BCUT2D eigenvalue weighted by Gasteiger charge is -2.30. The number of H-pyrrole nitrogens is 1. The molecule has 1 aliphatic rings. The van der Waals surface area contributed by atoms with Gasteiger partial charge in [0.2, 0.25) is 0 Å². The zero-order valence-electron chi connectivity index (χ0n) is 9.64. The van der Waals surface area contributed by atoms with Gasteiger partial charge < -0.3 is 10.0 Å². The number of aromatic nitrogens is 2. The number of amides is 1. The first-order valence-electron chi connectivity index (χ1n) is 5.62. The Morgan fingerprint density at radius 2 is 2.35 bits per heavy atom. The van der Waals surface area contributed by atoms with E-state index in [4.69, 9.17) is 5.11 Å². The second kappa shape index (κ2) is 4.57. The van der Waals surface area contributed by atoms with Crippen LogP contribution in [-0.2, 0) is 4.79 Å². The number of hydrogen-bond acceptors (Lipinski definition) is 3. The Kier molecular flexibility index (Phi) is 3.12. The lowest BCUT2D eigenvalue weighted by Crippen LogP contribution is -2.42. The number of carbonyl (C=O) groups excluding carboxylic acids is 1. The van der Waals surface area contributed by atoms with Crippen molar-refractivity contribution in [2.75, 3.05) is 13.1 Å². The van der Waals surface area contributed by atoms with Gasteiger partial charge in [-0.2, -0.15) is 5.10 Å². The van der Waals surface area contributed by atoms with Gasteiger partial charge in [0.15, 0.2) is 0 Å². The van der Waals surface area contributed by atoms with Crippen LogP contribution in [0.3, 0.4) is 0 Å². The highest BCUT2D eigenvalue weighted by molar-refractivity contribution is 5.92. The number of aromatic amines is 1. The van der Waals surface area contributed by atoms with E-state index in [0.29, 0.717) is 18.7 Å². The van der Waals surface area contributed by atoms with E-state index in [-0.39, 0.29) is 12.5 Å². The number of rotatable bonds is 2. The zero-order valence-corrected chi connectivity index (χ0v) is 9.64. The monoisotopic (exact) mass is 237 g/mol. The highest BCUT2D eigenvalue weighted by Gasteiger charge is 2.29. The average Bonchev–Trinajstić information content (AvgIpc) is 2.75. The van der Waals surface area contributed by atoms with Gasteiger partial charge in [-0.15, -0.1) is 0 Å². The molecule has 0 aliphatic carbocycles. The number of carbonyl (C=O) groups is 2. The molecule has 0 saturated carbocycles. The zero-order chi connectivity index (χ0) is 12.4. The molecular formula is C11H15N3O3. The van der Waals surface area contributed by atoms with Crippen LogP contribution in [-0.4, -0.2) is 45.2 Å². The summed E-state index contributed by atoms with van der Waals surface area (Å²) in [7, 11) is 0. The lowest BCUT2D eigenvalue weighted by molar-refractivity contribution is -0.143. The highest BCUT2D eigenvalue weighted by atomic mass is 16.4. The fourth-order valence-corrected chi connectivity index (χ4v) is 2.05. The van der Waals surface area contributed by atoms with Gasteiger partial charge in [0.25, 0.3) is 5.91 Å². The highest BCUT2D eigenvalue weighted by Crippen LogP contribution is 2.18. The van der Waals surface area contributed by atoms with Crippen molar-refractivity contribution in [3.8, 4) is 0 Å². The SMILES string of the molecule is Cc1cc(C(=O)N2CCC[C@@H](C(=O)O)C2)n[nH]1. The van der Waals surface area contributed by atoms with Crippen molar-refractivity contribution in [3.05, 3.63) is 17.5 Å². The number of likely N-dealkylation sites (tertiary alicyclic amines) is 1. The normalized spacial score (nSPS) is 20.3. The minimum atomic E-state index is -0.833. The second-order valence-corrected chi connectivity index (χ2v) is 4.36. The molecule has 0 unspecified atom stereocenters. The van der Waals surface area contributed by atoms with E-state index in [1.807, 2.05) is 6.92 Å². The molecule has 1 saturated heterocycles. The fourth-order valence-electron chi connectivity index (χ4n) is 2.05. The number of carboxylic acids is 1. The molecule has 0 radical (unpaired) electrons. The summed E-state index contributed by atoms with van der Waals surface area (Å²) in [5, 5.41) is 15.6. The summed E-state index contributed by atoms with van der Waals surface area (Å²) in [4.78, 5) is 24.5. The first-order valence-corrected chi connectivity index (χ1v) is 5.62. The molecule has 1 aliphatic heterocycles. The molecule has 6 heteroatoms. The van der Waals surface area contributed by atoms with Crippen LogP contribution in [0.15, 0.2) is 6.07 Å². The third-order valence-electron chi connectivity index (χ3n) is 2.98. The average molecular weight is 237 g/mol. The van der Waals surface area contributed by atoms with Crippen LogP contribution in [0.5, 0.6) is 0 Å². The van der Waals surface area contributed by atoms with E-state index in [1.165, 1.54) is 0 Å². The first-order chi connectivity index (χ1) is 8.08. The molecule has 1 atom stereocenters. The fraction of sp³-hybridized carbons (Fsp3) is 0.545. The van der Waals surface area contributed by atoms with Crippen molar-refractivity contribution in [1.82, 2.24) is 15.1 Å². The predicted octanol–water partition coefficient (Wildman–Crippen LogP) is 0.655. The summed E-state index contributed by atoms with van der Waals surface area (Å²) in [5.41, 5.74) is 1.17. The maximum absolute atomic E-state index is 12.0. The summed E-state index contributed by atoms with van der Waals surface area (Å²) in [5.74, 6) is -1.48. The molecule has 0 spiro atoms. The van der Waals surface area contributed by atoms with Crippen LogP contribution in [0.25, 0.3) is 0 Å². The number of aryl methyl sites for hydroxylation is 1. The number of aliphatic carboxylic acids is 1. The Morgan fingerprint density at radius 1 is 1.59 bits per heavy atom. The van der Waals surface area contributed by atoms with Gasteiger partial charge in [-0.05, 0) is 25.8 Å². The van der Waals surface area contributed by atoms with Crippen LogP contribution in [0.4, 0.5) is 0 Å². The lowest BCUT2D eigenvalue weighted by atomic mass is 9.98. The standard InChI is InChI=1S/C11H15N3O3/c1-7-5-9(13-12-7)10(15)14-4-2-3-8(6-14)11(16)17/h5,8H,2-4,6H2,1H3,(H,12,13)(H,16,17)/t8-/m1/s1. The minimum absolute atomic E-state index is 0.194. The van der Waals surface area contributed by atoms with Crippen molar-refractivity contribution in [2.45, 2.75) is 19.8 Å². The molecule has 0 aromatic carbocycles. The Labute approximate surface area is 98.6 Å². The van der Waals surface area contributed by atoms with Crippen molar-refractivity contribution in [2.24, 2.45) is 5.92 Å². The first kappa shape index (κ1) is 11.6. The number of hydrogen-bond donors (Lipinski definition) is 2. The Morgan fingerprint density at radius 3 is 2.94 bits per heavy atom. The molecule has 1 aromatic heterocycles. The molecule has 2 N–H and O–H groups in total. The molecule has 1 amide bonds. The largest absolute Gasteiger partial charge is 0.481 e. The Hall–Kier alpha value is -1.85. The van der Waals surface area contributed by atoms with Gasteiger partial charge >= 0.3 is 5.97 Å². The molecule has 0 bridgehead atoms. The molecule has 2 heterocycles. The topological polar surface area (TPSA) is 86.3 Å². The molecule has 2 rings (SSSR count). The maximum Gasteiger partial charge on any atom is 0.308 e. The summed E-state index contributed by atoms with van der Waals surface area (Å²) >= 11 is 0. The van der Waals surface area contributed by atoms with E-state index < -0.39 is 11.9 Å². The van der Waals surface area contributed by atoms with Gasteiger partial charge in [-0.25, -0.2) is 0 Å².